The molecule has 150 valence electrons. The number of amidine groups is 1. The summed E-state index contributed by atoms with van der Waals surface area (Å²) in [6.45, 7) is 0. The molecule has 1 saturated heterocycles. The molecule has 1 aromatic carbocycles. The van der Waals surface area contributed by atoms with Gasteiger partial charge < -0.3 is 5.11 Å². The van der Waals surface area contributed by atoms with Crippen LogP contribution in [0, 0.1) is 0 Å². The first-order valence-electron chi connectivity index (χ1n) is 9.11. The number of nitrogens with one attached hydrogen (secondary N) is 1. The van der Waals surface area contributed by atoms with E-state index in [-0.39, 0.29) is 16.0 Å². The smallest absolute Gasteiger partial charge is 0.310 e. The molecule has 0 spiro atoms. The molecule has 1 aliphatic carbocycles. The minimum Gasteiger partial charge on any atom is -0.349 e. The van der Waals surface area contributed by atoms with E-state index in [0.717, 1.165) is 37.3 Å². The fraction of sp³-hybridized carbons (Fsp3) is 0.611. The van der Waals surface area contributed by atoms with Crippen molar-refractivity contribution in [3.8, 4) is 0 Å². The monoisotopic (exact) mass is 432 g/mol. The number of thioether (sulfide) groups is 1. The van der Waals surface area contributed by atoms with Crippen molar-refractivity contribution < 1.29 is 18.1 Å². The molecule has 0 aromatic heterocycles. The minimum atomic E-state index is -3.75. The van der Waals surface area contributed by atoms with Crippen molar-refractivity contribution in [3.05, 3.63) is 28.8 Å². The largest absolute Gasteiger partial charge is 0.349 e. The number of hydrogen-bond donors (Lipinski definition) is 2. The highest BCUT2D eigenvalue weighted by molar-refractivity contribution is 8.13. The Morgan fingerprint density at radius 2 is 1.96 bits per heavy atom. The number of aliphatic hydroxyl groups is 1. The molecule has 0 amide bonds. The maximum absolute atomic E-state index is 12.9. The van der Waals surface area contributed by atoms with Gasteiger partial charge in [0.2, 0.25) is 15.7 Å². The number of sulfonamides is 1. The summed E-state index contributed by atoms with van der Waals surface area (Å²) in [5.41, 5.74) is -0.771. The first-order chi connectivity index (χ1) is 12.6. The van der Waals surface area contributed by atoms with Gasteiger partial charge in [-0.05, 0) is 36.7 Å². The molecule has 1 atom stereocenters. The minimum absolute atomic E-state index is 0.0253. The molecule has 1 aromatic rings. The Bertz CT molecular complexity index is 849. The maximum Gasteiger partial charge on any atom is 0.310 e. The highest BCUT2D eigenvalue weighted by Crippen LogP contribution is 2.39. The molecule has 6 nitrogen and oxygen atoms in total. The van der Waals surface area contributed by atoms with Crippen molar-refractivity contribution >= 4 is 38.6 Å². The average molecular weight is 433 g/mol. The number of nitrogens with zero attached hydrogens (tertiary/aromatic N) is 2. The summed E-state index contributed by atoms with van der Waals surface area (Å²) >= 11 is 7.76. The van der Waals surface area contributed by atoms with Gasteiger partial charge in [-0.3, -0.25) is 4.58 Å². The lowest BCUT2D eigenvalue weighted by Gasteiger charge is -2.27. The fourth-order valence-corrected chi connectivity index (χ4v) is 6.81. The Morgan fingerprint density at radius 1 is 1.30 bits per heavy atom. The zero-order chi connectivity index (χ0) is 19.8. The summed E-state index contributed by atoms with van der Waals surface area (Å²) in [4.78, 5) is 1.80. The molecule has 3 rings (SSSR count). The number of hydrogen-bond acceptors (Lipinski definition) is 4. The van der Waals surface area contributed by atoms with Gasteiger partial charge in [0.05, 0.1) is 31.9 Å². The summed E-state index contributed by atoms with van der Waals surface area (Å²) in [6, 6.07) is 4.70. The lowest BCUT2D eigenvalue weighted by molar-refractivity contribution is -0.467. The van der Waals surface area contributed by atoms with Crippen LogP contribution in [0.1, 0.15) is 37.7 Å². The van der Waals surface area contributed by atoms with E-state index < -0.39 is 15.7 Å². The van der Waals surface area contributed by atoms with Gasteiger partial charge >= 0.3 is 5.17 Å². The zero-order valence-electron chi connectivity index (χ0n) is 15.9. The second kappa shape index (κ2) is 7.91. The van der Waals surface area contributed by atoms with Gasteiger partial charge in [0, 0.05) is 11.6 Å². The highest BCUT2D eigenvalue weighted by Gasteiger charge is 2.49. The van der Waals surface area contributed by atoms with Crippen LogP contribution in [0.2, 0.25) is 5.02 Å². The second-order valence-corrected chi connectivity index (χ2v) is 10.5. The van der Waals surface area contributed by atoms with E-state index in [1.54, 1.807) is 24.1 Å². The first-order valence-corrected chi connectivity index (χ1v) is 12.0. The van der Waals surface area contributed by atoms with Gasteiger partial charge in [-0.25, -0.2) is 18.0 Å². The van der Waals surface area contributed by atoms with E-state index in [9.17, 15) is 13.5 Å². The first kappa shape index (κ1) is 20.9. The Hall–Kier alpha value is -0.800. The molecular weight excluding hydrogens is 406 g/mol. The number of rotatable bonds is 4. The van der Waals surface area contributed by atoms with Crippen LogP contribution in [0.25, 0.3) is 0 Å². The molecule has 1 unspecified atom stereocenters. The van der Waals surface area contributed by atoms with Crippen LogP contribution in [-0.2, 0) is 15.7 Å². The maximum atomic E-state index is 12.9. The van der Waals surface area contributed by atoms with E-state index in [4.69, 9.17) is 11.6 Å². The van der Waals surface area contributed by atoms with Crippen LogP contribution < -0.4 is 4.72 Å². The Kier molecular flexibility index (Phi) is 6.13. The molecule has 2 N–H and O–H groups in total. The summed E-state index contributed by atoms with van der Waals surface area (Å²) in [6.07, 6.45) is 4.91. The molecular formula is C18H27ClN3O3S2+. The van der Waals surface area contributed by atoms with Crippen LogP contribution in [0.5, 0.6) is 0 Å². The standard InChI is InChI=1S/C18H27ClN3O3S2/c1-21(2)17-22(3)18(23,12-26-17)13-9-10-15(19)16(11-13)27(24,25)20-14-7-5-4-6-8-14/h9-11,14,20,23H,4-8,12H2,1-3H3/q+1. The fourth-order valence-electron chi connectivity index (χ4n) is 3.68. The second-order valence-electron chi connectivity index (χ2n) is 7.44. The normalized spacial score (nSPS) is 24.5. The molecule has 1 aliphatic heterocycles. The van der Waals surface area contributed by atoms with Gasteiger partial charge in [0.1, 0.15) is 4.90 Å². The van der Waals surface area contributed by atoms with E-state index >= 15 is 0 Å². The summed E-state index contributed by atoms with van der Waals surface area (Å²) < 4.78 is 30.6. The van der Waals surface area contributed by atoms with Crippen LogP contribution in [0.3, 0.4) is 0 Å². The summed E-state index contributed by atoms with van der Waals surface area (Å²) in [5.74, 6) is 0.411. The Morgan fingerprint density at radius 3 is 2.56 bits per heavy atom. The zero-order valence-corrected chi connectivity index (χ0v) is 18.3. The van der Waals surface area contributed by atoms with Crippen LogP contribution in [0.15, 0.2) is 23.1 Å². The van der Waals surface area contributed by atoms with Crippen molar-refractivity contribution in [2.45, 2.75) is 48.8 Å². The predicted octanol–water partition coefficient (Wildman–Crippen LogP) is 2.40. The third-order valence-electron chi connectivity index (χ3n) is 5.24. The van der Waals surface area contributed by atoms with Crippen LogP contribution >= 0.6 is 23.4 Å². The lowest BCUT2D eigenvalue weighted by atomic mass is 9.96. The molecule has 27 heavy (non-hydrogen) atoms. The van der Waals surface area contributed by atoms with Gasteiger partial charge in [0.25, 0.3) is 0 Å². The third kappa shape index (κ3) is 4.15. The topological polar surface area (TPSA) is 72.6 Å². The molecule has 2 fully saturated rings. The highest BCUT2D eigenvalue weighted by atomic mass is 35.5. The van der Waals surface area contributed by atoms with Gasteiger partial charge in [-0.15, -0.1) is 0 Å². The van der Waals surface area contributed by atoms with E-state index in [1.165, 1.54) is 17.8 Å². The van der Waals surface area contributed by atoms with Crippen molar-refractivity contribution in [3.63, 3.8) is 0 Å². The van der Waals surface area contributed by atoms with Gasteiger partial charge in [-0.2, -0.15) is 0 Å². The quantitative estimate of drug-likeness (QED) is 0.715. The van der Waals surface area contributed by atoms with E-state index in [2.05, 4.69) is 4.72 Å². The molecule has 9 heteroatoms. The lowest BCUT2D eigenvalue weighted by Crippen LogP contribution is -2.44. The van der Waals surface area contributed by atoms with Gasteiger partial charge in [0.15, 0.2) is 0 Å². The Labute approximate surface area is 170 Å². The molecule has 2 aliphatic rings. The van der Waals surface area contributed by atoms with Crippen molar-refractivity contribution in [1.82, 2.24) is 9.62 Å². The number of halogens is 1. The molecule has 0 radical (unpaired) electrons. The van der Waals surface area contributed by atoms with Gasteiger partial charge in [-0.1, -0.05) is 36.9 Å². The molecule has 0 bridgehead atoms. The summed E-state index contributed by atoms with van der Waals surface area (Å²) in [7, 11) is 1.88. The SMILES string of the molecule is CN1C(=[N+](C)C)SCC1(O)c1ccc(Cl)c(S(=O)(=O)NC2CCCCC2)c1. The van der Waals surface area contributed by atoms with Crippen molar-refractivity contribution in [1.29, 1.82) is 0 Å². The summed E-state index contributed by atoms with van der Waals surface area (Å²) in [5, 5.41) is 12.3. The van der Waals surface area contributed by atoms with Crippen LogP contribution in [-0.4, -0.2) is 61.1 Å². The molecule has 1 saturated carbocycles. The third-order valence-corrected chi connectivity index (χ3v) is 8.68. The number of benzene rings is 1. The Balaban J connectivity index is 1.94. The predicted molar refractivity (Wildman–Crippen MR) is 110 cm³/mol. The molecule has 1 heterocycles. The van der Waals surface area contributed by atoms with Crippen molar-refractivity contribution in [2.24, 2.45) is 0 Å². The average Bonchev–Trinajstić information content (AvgIpc) is 2.92. The van der Waals surface area contributed by atoms with E-state index in [0.29, 0.717) is 11.3 Å². The van der Waals surface area contributed by atoms with E-state index in [1.807, 2.05) is 18.7 Å². The van der Waals surface area contributed by atoms with Crippen LogP contribution in [0.4, 0.5) is 0 Å². The van der Waals surface area contributed by atoms with Crippen molar-refractivity contribution in [2.75, 3.05) is 26.9 Å².